The number of rotatable bonds is 6. The average Bonchev–Trinajstić information content (AvgIpc) is 2.74. The predicted octanol–water partition coefficient (Wildman–Crippen LogP) is 4.47. The standard InChI is InChI=1S/C22H23ClN2O4/c1-12(2)22(27)25-19(13-7-8-17(28-3)18(10-13)29-4)15-11-16(23)14-6-5-9-24-20(14)21(15)26/h5-12,19,26H,1-4H3,(H,25,27)/t19-/m1/s1. The summed E-state index contributed by atoms with van der Waals surface area (Å²) in [6.45, 7) is 3.60. The van der Waals surface area contributed by atoms with Gasteiger partial charge in [-0.05, 0) is 35.9 Å². The van der Waals surface area contributed by atoms with Crippen molar-refractivity contribution in [3.63, 3.8) is 0 Å². The fourth-order valence-corrected chi connectivity index (χ4v) is 3.38. The number of nitrogens with one attached hydrogen (secondary N) is 1. The molecule has 29 heavy (non-hydrogen) atoms. The van der Waals surface area contributed by atoms with E-state index >= 15 is 0 Å². The number of benzene rings is 2. The van der Waals surface area contributed by atoms with Crippen LogP contribution in [-0.2, 0) is 4.79 Å². The Balaban J connectivity index is 2.21. The summed E-state index contributed by atoms with van der Waals surface area (Å²) in [5.74, 6) is 0.634. The number of phenolic OH excluding ortho intramolecular Hbond substituents is 1. The Morgan fingerprint density at radius 3 is 2.52 bits per heavy atom. The molecule has 1 atom stereocenters. The predicted molar refractivity (Wildman–Crippen MR) is 113 cm³/mol. The number of nitrogens with zero attached hydrogens (tertiary/aromatic N) is 1. The first-order valence-electron chi connectivity index (χ1n) is 9.15. The molecule has 3 aromatic rings. The number of hydrogen-bond acceptors (Lipinski definition) is 5. The summed E-state index contributed by atoms with van der Waals surface area (Å²) in [6.07, 6.45) is 1.58. The van der Waals surface area contributed by atoms with Crippen LogP contribution in [0.25, 0.3) is 10.9 Å². The van der Waals surface area contributed by atoms with Gasteiger partial charge >= 0.3 is 0 Å². The summed E-state index contributed by atoms with van der Waals surface area (Å²) in [7, 11) is 3.09. The van der Waals surface area contributed by atoms with Crippen molar-refractivity contribution in [2.75, 3.05) is 14.2 Å². The van der Waals surface area contributed by atoms with Crippen LogP contribution < -0.4 is 14.8 Å². The van der Waals surface area contributed by atoms with Crippen LogP contribution in [0.5, 0.6) is 17.2 Å². The van der Waals surface area contributed by atoms with Gasteiger partial charge in [0.1, 0.15) is 11.3 Å². The minimum atomic E-state index is -0.659. The third kappa shape index (κ3) is 4.07. The molecule has 0 aliphatic rings. The van der Waals surface area contributed by atoms with Crippen molar-refractivity contribution < 1.29 is 19.4 Å². The largest absolute Gasteiger partial charge is 0.505 e. The van der Waals surface area contributed by atoms with E-state index in [0.717, 1.165) is 0 Å². The SMILES string of the molecule is COc1ccc([C@@H](NC(=O)C(C)C)c2cc(Cl)c3cccnc3c2O)cc1OC. The highest BCUT2D eigenvalue weighted by Gasteiger charge is 2.25. The molecule has 0 saturated carbocycles. The van der Waals surface area contributed by atoms with Gasteiger partial charge in [0.25, 0.3) is 0 Å². The summed E-state index contributed by atoms with van der Waals surface area (Å²) >= 11 is 6.46. The Hall–Kier alpha value is -2.99. The van der Waals surface area contributed by atoms with Crippen LogP contribution in [0.2, 0.25) is 5.02 Å². The molecule has 3 rings (SSSR count). The number of ether oxygens (including phenoxy) is 2. The molecule has 152 valence electrons. The molecule has 1 heterocycles. The lowest BCUT2D eigenvalue weighted by Gasteiger charge is -2.23. The molecule has 0 saturated heterocycles. The number of halogens is 1. The van der Waals surface area contributed by atoms with Gasteiger partial charge in [-0.25, -0.2) is 0 Å². The summed E-state index contributed by atoms with van der Waals surface area (Å²) in [4.78, 5) is 16.8. The first kappa shape index (κ1) is 20.7. The summed E-state index contributed by atoms with van der Waals surface area (Å²) in [6, 6.07) is 9.85. The lowest BCUT2D eigenvalue weighted by Crippen LogP contribution is -2.32. The van der Waals surface area contributed by atoms with E-state index in [4.69, 9.17) is 21.1 Å². The van der Waals surface area contributed by atoms with E-state index in [1.165, 1.54) is 7.11 Å². The molecular weight excluding hydrogens is 392 g/mol. The van der Waals surface area contributed by atoms with Crippen molar-refractivity contribution >= 4 is 28.4 Å². The van der Waals surface area contributed by atoms with Crippen LogP contribution in [-0.4, -0.2) is 30.2 Å². The molecule has 0 bridgehead atoms. The Morgan fingerprint density at radius 2 is 1.86 bits per heavy atom. The van der Waals surface area contributed by atoms with Gasteiger partial charge in [0.2, 0.25) is 5.91 Å². The number of aromatic nitrogens is 1. The lowest BCUT2D eigenvalue weighted by molar-refractivity contribution is -0.124. The van der Waals surface area contributed by atoms with E-state index in [0.29, 0.717) is 38.6 Å². The fourth-order valence-electron chi connectivity index (χ4n) is 3.11. The maximum absolute atomic E-state index is 12.5. The molecule has 1 amide bonds. The minimum absolute atomic E-state index is 0.0335. The Kier molecular flexibility index (Phi) is 6.13. The number of aromatic hydroxyl groups is 1. The van der Waals surface area contributed by atoms with Crippen molar-refractivity contribution in [2.24, 2.45) is 5.92 Å². The highest BCUT2D eigenvalue weighted by molar-refractivity contribution is 6.35. The van der Waals surface area contributed by atoms with Crippen molar-refractivity contribution in [3.05, 3.63) is 58.7 Å². The van der Waals surface area contributed by atoms with Crippen LogP contribution in [0.15, 0.2) is 42.6 Å². The van der Waals surface area contributed by atoms with Gasteiger partial charge in [0.15, 0.2) is 11.5 Å². The number of carbonyl (C=O) groups is 1. The highest BCUT2D eigenvalue weighted by atomic mass is 35.5. The molecule has 1 aromatic heterocycles. The van der Waals surface area contributed by atoms with Crippen LogP contribution in [0.1, 0.15) is 31.0 Å². The van der Waals surface area contributed by atoms with E-state index in [2.05, 4.69) is 10.3 Å². The molecule has 2 aromatic carbocycles. The molecule has 7 heteroatoms. The van der Waals surface area contributed by atoms with Crippen molar-refractivity contribution in [1.82, 2.24) is 10.3 Å². The number of phenols is 1. The Labute approximate surface area is 174 Å². The van der Waals surface area contributed by atoms with Crippen molar-refractivity contribution in [3.8, 4) is 17.2 Å². The van der Waals surface area contributed by atoms with E-state index in [-0.39, 0.29) is 17.6 Å². The van der Waals surface area contributed by atoms with Crippen LogP contribution in [0, 0.1) is 5.92 Å². The van der Waals surface area contributed by atoms with Crippen molar-refractivity contribution in [1.29, 1.82) is 0 Å². The molecule has 0 aliphatic heterocycles. The normalized spacial score (nSPS) is 12.1. The van der Waals surface area contributed by atoms with Crippen LogP contribution >= 0.6 is 11.6 Å². The van der Waals surface area contributed by atoms with Crippen LogP contribution in [0.4, 0.5) is 0 Å². The van der Waals surface area contributed by atoms with Gasteiger partial charge in [0, 0.05) is 23.1 Å². The second-order valence-corrected chi connectivity index (χ2v) is 7.31. The second kappa shape index (κ2) is 8.57. The van der Waals surface area contributed by atoms with E-state index in [1.807, 2.05) is 6.07 Å². The molecule has 0 unspecified atom stereocenters. The van der Waals surface area contributed by atoms with Gasteiger partial charge < -0.3 is 19.9 Å². The van der Waals surface area contributed by atoms with Gasteiger partial charge in [-0.2, -0.15) is 0 Å². The monoisotopic (exact) mass is 414 g/mol. The molecule has 0 spiro atoms. The third-order valence-electron chi connectivity index (χ3n) is 4.71. The fraction of sp³-hybridized carbons (Fsp3) is 0.273. The first-order valence-corrected chi connectivity index (χ1v) is 9.53. The van der Waals surface area contributed by atoms with Gasteiger partial charge in [-0.3, -0.25) is 9.78 Å². The molecule has 0 fully saturated rings. The van der Waals surface area contributed by atoms with Gasteiger partial charge in [0.05, 0.1) is 25.3 Å². The molecule has 0 aliphatic carbocycles. The van der Waals surface area contributed by atoms with E-state index < -0.39 is 6.04 Å². The van der Waals surface area contributed by atoms with Gasteiger partial charge in [-0.15, -0.1) is 0 Å². The quantitative estimate of drug-likeness (QED) is 0.621. The Morgan fingerprint density at radius 1 is 1.14 bits per heavy atom. The molecule has 2 N–H and O–H groups in total. The molecular formula is C22H23ClN2O4. The maximum atomic E-state index is 12.5. The van der Waals surface area contributed by atoms with Crippen LogP contribution in [0.3, 0.4) is 0 Å². The number of carbonyl (C=O) groups excluding carboxylic acids is 1. The van der Waals surface area contributed by atoms with E-state index in [9.17, 15) is 9.90 Å². The number of methoxy groups -OCH3 is 2. The zero-order valence-electron chi connectivity index (χ0n) is 16.7. The summed E-state index contributed by atoms with van der Waals surface area (Å²) in [5.41, 5.74) is 1.53. The van der Waals surface area contributed by atoms with Crippen molar-refractivity contribution in [2.45, 2.75) is 19.9 Å². The average molecular weight is 415 g/mol. The number of amides is 1. The second-order valence-electron chi connectivity index (χ2n) is 6.91. The summed E-state index contributed by atoms with van der Waals surface area (Å²) in [5, 5.41) is 15.0. The number of pyridine rings is 1. The zero-order chi connectivity index (χ0) is 21.1. The Bertz CT molecular complexity index is 1050. The topological polar surface area (TPSA) is 80.7 Å². The minimum Gasteiger partial charge on any atom is -0.505 e. The number of fused-ring (bicyclic) bond motifs is 1. The lowest BCUT2D eigenvalue weighted by atomic mass is 9.95. The van der Waals surface area contributed by atoms with E-state index in [1.54, 1.807) is 57.5 Å². The first-order chi connectivity index (χ1) is 13.9. The zero-order valence-corrected chi connectivity index (χ0v) is 17.4. The maximum Gasteiger partial charge on any atom is 0.223 e. The number of hydrogen-bond donors (Lipinski definition) is 2. The smallest absolute Gasteiger partial charge is 0.223 e. The van der Waals surface area contributed by atoms with Gasteiger partial charge in [-0.1, -0.05) is 31.5 Å². The summed E-state index contributed by atoms with van der Waals surface area (Å²) < 4.78 is 10.7. The highest BCUT2D eigenvalue weighted by Crippen LogP contribution is 2.40. The molecule has 0 radical (unpaired) electrons. The third-order valence-corrected chi connectivity index (χ3v) is 5.02. The molecule has 6 nitrogen and oxygen atoms in total.